The SMILES string of the molecule is NC(Cc1ccc(CCC(=O)CC2OCCO2)cc1)C(=O)O. The van der Waals surface area contributed by atoms with Crippen molar-refractivity contribution in [2.45, 2.75) is 38.0 Å². The van der Waals surface area contributed by atoms with E-state index in [1.54, 1.807) is 0 Å². The number of benzene rings is 1. The zero-order chi connectivity index (χ0) is 15.9. The molecule has 1 aromatic carbocycles. The second kappa shape index (κ2) is 8.03. The van der Waals surface area contributed by atoms with Crippen LogP contribution in [0.3, 0.4) is 0 Å². The molecule has 22 heavy (non-hydrogen) atoms. The summed E-state index contributed by atoms with van der Waals surface area (Å²) in [4.78, 5) is 22.5. The van der Waals surface area contributed by atoms with E-state index in [4.69, 9.17) is 20.3 Å². The predicted octanol–water partition coefficient (Wildman–Crippen LogP) is 0.906. The Hall–Kier alpha value is -1.76. The first kappa shape index (κ1) is 16.6. The molecule has 1 unspecified atom stereocenters. The fraction of sp³-hybridized carbons (Fsp3) is 0.500. The van der Waals surface area contributed by atoms with E-state index in [9.17, 15) is 9.59 Å². The van der Waals surface area contributed by atoms with Crippen molar-refractivity contribution in [2.24, 2.45) is 5.73 Å². The van der Waals surface area contributed by atoms with E-state index in [0.717, 1.165) is 11.1 Å². The Kier molecular flexibility index (Phi) is 6.06. The third-order valence-electron chi connectivity index (χ3n) is 3.57. The fourth-order valence-electron chi connectivity index (χ4n) is 2.28. The number of Topliss-reactive ketones (excluding diaryl/α,β-unsaturated/α-hetero) is 1. The first-order valence-electron chi connectivity index (χ1n) is 7.35. The van der Waals surface area contributed by atoms with E-state index >= 15 is 0 Å². The van der Waals surface area contributed by atoms with Crippen molar-refractivity contribution < 1.29 is 24.2 Å². The molecule has 6 nitrogen and oxygen atoms in total. The lowest BCUT2D eigenvalue weighted by molar-refractivity contribution is -0.138. The monoisotopic (exact) mass is 307 g/mol. The number of carboxylic acids is 1. The van der Waals surface area contributed by atoms with Gasteiger partial charge in [-0.25, -0.2) is 0 Å². The third-order valence-corrected chi connectivity index (χ3v) is 3.57. The van der Waals surface area contributed by atoms with Gasteiger partial charge in [-0.3, -0.25) is 9.59 Å². The number of aliphatic carboxylic acids is 1. The maximum atomic E-state index is 11.8. The summed E-state index contributed by atoms with van der Waals surface area (Å²) in [6.45, 7) is 1.11. The highest BCUT2D eigenvalue weighted by Gasteiger charge is 2.19. The normalized spacial score (nSPS) is 16.6. The van der Waals surface area contributed by atoms with Gasteiger partial charge in [0.1, 0.15) is 11.8 Å². The minimum absolute atomic E-state index is 0.115. The molecule has 1 heterocycles. The molecule has 0 saturated carbocycles. The maximum Gasteiger partial charge on any atom is 0.320 e. The zero-order valence-electron chi connectivity index (χ0n) is 12.4. The van der Waals surface area contributed by atoms with Gasteiger partial charge in [0, 0.05) is 6.42 Å². The second-order valence-electron chi connectivity index (χ2n) is 5.38. The van der Waals surface area contributed by atoms with Crippen molar-refractivity contribution in [1.82, 2.24) is 0 Å². The number of ketones is 1. The molecule has 1 saturated heterocycles. The Balaban J connectivity index is 1.76. The lowest BCUT2D eigenvalue weighted by atomic mass is 10.0. The van der Waals surface area contributed by atoms with Gasteiger partial charge in [-0.1, -0.05) is 24.3 Å². The highest BCUT2D eigenvalue weighted by atomic mass is 16.7. The zero-order valence-corrected chi connectivity index (χ0v) is 12.4. The summed E-state index contributed by atoms with van der Waals surface area (Å²) in [6.07, 6.45) is 1.30. The first-order chi connectivity index (χ1) is 10.5. The van der Waals surface area contributed by atoms with Gasteiger partial charge in [0.05, 0.1) is 19.6 Å². The minimum atomic E-state index is -1.01. The second-order valence-corrected chi connectivity index (χ2v) is 5.38. The quantitative estimate of drug-likeness (QED) is 0.740. The van der Waals surface area contributed by atoms with E-state index in [0.29, 0.717) is 38.9 Å². The number of ether oxygens (including phenoxy) is 2. The molecule has 1 fully saturated rings. The fourth-order valence-corrected chi connectivity index (χ4v) is 2.28. The summed E-state index contributed by atoms with van der Waals surface area (Å²) >= 11 is 0. The summed E-state index contributed by atoms with van der Waals surface area (Å²) < 4.78 is 10.5. The summed E-state index contributed by atoms with van der Waals surface area (Å²) in [5.41, 5.74) is 7.40. The van der Waals surface area contributed by atoms with E-state index in [1.165, 1.54) is 0 Å². The van der Waals surface area contributed by atoms with Crippen LogP contribution < -0.4 is 5.73 Å². The molecule has 1 atom stereocenters. The molecule has 0 radical (unpaired) electrons. The Labute approximate surface area is 129 Å². The molecule has 1 aliphatic heterocycles. The van der Waals surface area contributed by atoms with Gasteiger partial charge in [0.25, 0.3) is 0 Å². The molecule has 120 valence electrons. The third kappa shape index (κ3) is 5.22. The summed E-state index contributed by atoms with van der Waals surface area (Å²) in [7, 11) is 0. The van der Waals surface area contributed by atoms with Crippen LogP contribution in [0.1, 0.15) is 24.0 Å². The average Bonchev–Trinajstić information content (AvgIpc) is 2.99. The molecule has 1 aromatic rings. The molecule has 0 aliphatic carbocycles. The highest BCUT2D eigenvalue weighted by Crippen LogP contribution is 2.12. The van der Waals surface area contributed by atoms with Crippen LogP contribution in [-0.4, -0.2) is 42.4 Å². The molecule has 0 spiro atoms. The van der Waals surface area contributed by atoms with Crippen molar-refractivity contribution in [2.75, 3.05) is 13.2 Å². The van der Waals surface area contributed by atoms with Crippen molar-refractivity contribution in [3.63, 3.8) is 0 Å². The van der Waals surface area contributed by atoms with Crippen LogP contribution in [0.4, 0.5) is 0 Å². The number of hydrogen-bond acceptors (Lipinski definition) is 5. The van der Waals surface area contributed by atoms with Crippen LogP contribution in [0, 0.1) is 0 Å². The van der Waals surface area contributed by atoms with Crippen molar-refractivity contribution >= 4 is 11.8 Å². The number of hydrogen-bond donors (Lipinski definition) is 2. The highest BCUT2D eigenvalue weighted by molar-refractivity contribution is 5.79. The van der Waals surface area contributed by atoms with Crippen LogP contribution in [0.25, 0.3) is 0 Å². The van der Waals surface area contributed by atoms with Gasteiger partial charge in [0.2, 0.25) is 0 Å². The van der Waals surface area contributed by atoms with E-state index in [2.05, 4.69) is 0 Å². The van der Waals surface area contributed by atoms with Gasteiger partial charge in [-0.15, -0.1) is 0 Å². The smallest absolute Gasteiger partial charge is 0.320 e. The number of carbonyl (C=O) groups is 2. The molecule has 0 amide bonds. The van der Waals surface area contributed by atoms with Gasteiger partial charge in [-0.05, 0) is 24.0 Å². The van der Waals surface area contributed by atoms with Crippen molar-refractivity contribution in [1.29, 1.82) is 0 Å². The molecule has 0 aromatic heterocycles. The molecular weight excluding hydrogens is 286 g/mol. The number of rotatable bonds is 8. The maximum absolute atomic E-state index is 11.8. The average molecular weight is 307 g/mol. The first-order valence-corrected chi connectivity index (χ1v) is 7.35. The van der Waals surface area contributed by atoms with Crippen LogP contribution in [0.2, 0.25) is 0 Å². The van der Waals surface area contributed by atoms with Crippen molar-refractivity contribution in [3.8, 4) is 0 Å². The summed E-state index contributed by atoms with van der Waals surface area (Å²) in [5.74, 6) is -0.894. The summed E-state index contributed by atoms with van der Waals surface area (Å²) in [6, 6.07) is 6.62. The van der Waals surface area contributed by atoms with Crippen LogP contribution in [0.15, 0.2) is 24.3 Å². The van der Waals surface area contributed by atoms with Crippen LogP contribution in [0.5, 0.6) is 0 Å². The standard InChI is InChI=1S/C16H21NO5/c17-14(16(19)20)9-12-3-1-11(2-4-12)5-6-13(18)10-15-21-7-8-22-15/h1-4,14-15H,5-10,17H2,(H,19,20). The van der Waals surface area contributed by atoms with E-state index < -0.39 is 12.0 Å². The van der Waals surface area contributed by atoms with Gasteiger partial charge in [-0.2, -0.15) is 0 Å². The number of carbonyl (C=O) groups excluding carboxylic acids is 1. The van der Waals surface area contributed by atoms with Crippen LogP contribution in [-0.2, 0) is 31.9 Å². The van der Waals surface area contributed by atoms with Gasteiger partial charge in [0.15, 0.2) is 6.29 Å². The molecule has 1 aliphatic rings. The van der Waals surface area contributed by atoms with Crippen LogP contribution >= 0.6 is 0 Å². The lowest BCUT2D eigenvalue weighted by Gasteiger charge is -2.09. The molecule has 6 heteroatoms. The summed E-state index contributed by atoms with van der Waals surface area (Å²) in [5, 5.41) is 8.78. The van der Waals surface area contributed by atoms with E-state index in [-0.39, 0.29) is 12.1 Å². The predicted molar refractivity (Wildman–Crippen MR) is 79.4 cm³/mol. The molecular formula is C16H21NO5. The number of nitrogens with two attached hydrogens (primary N) is 1. The number of aryl methyl sites for hydroxylation is 1. The van der Waals surface area contributed by atoms with Crippen molar-refractivity contribution in [3.05, 3.63) is 35.4 Å². The lowest BCUT2D eigenvalue weighted by Crippen LogP contribution is -2.32. The Morgan fingerprint density at radius 3 is 2.36 bits per heavy atom. The topological polar surface area (TPSA) is 98.9 Å². The number of carboxylic acid groups (broad SMARTS) is 1. The molecule has 2 rings (SSSR count). The van der Waals surface area contributed by atoms with E-state index in [1.807, 2.05) is 24.3 Å². The Bertz CT molecular complexity index is 508. The largest absolute Gasteiger partial charge is 0.480 e. The van der Waals surface area contributed by atoms with Gasteiger partial charge >= 0.3 is 5.97 Å². The minimum Gasteiger partial charge on any atom is -0.480 e. The molecule has 3 N–H and O–H groups in total. The van der Waals surface area contributed by atoms with Gasteiger partial charge < -0.3 is 20.3 Å². The Morgan fingerprint density at radius 1 is 1.18 bits per heavy atom. The Morgan fingerprint density at radius 2 is 1.77 bits per heavy atom. The molecule has 0 bridgehead atoms.